The number of hydrogen-bond acceptors (Lipinski definition) is 3. The van der Waals surface area contributed by atoms with Crippen molar-refractivity contribution in [3.05, 3.63) is 89.2 Å². The minimum atomic E-state index is -3.90. The number of benzene rings is 3. The summed E-state index contributed by atoms with van der Waals surface area (Å²) in [4.78, 5) is 12.4. The molecule has 0 saturated carbocycles. The summed E-state index contributed by atoms with van der Waals surface area (Å²) in [5.74, 6) is -1.17. The number of halogens is 1. The van der Waals surface area contributed by atoms with Crippen LogP contribution in [-0.4, -0.2) is 14.3 Å². The number of anilines is 2. The summed E-state index contributed by atoms with van der Waals surface area (Å²) < 4.78 is 41.8. The molecule has 28 heavy (non-hydrogen) atoms. The van der Waals surface area contributed by atoms with Crippen LogP contribution in [0.5, 0.6) is 0 Å². The Hall–Kier alpha value is -3.19. The van der Waals surface area contributed by atoms with Gasteiger partial charge in [-0.2, -0.15) is 0 Å². The fourth-order valence-electron chi connectivity index (χ4n) is 2.62. The van der Waals surface area contributed by atoms with Gasteiger partial charge in [-0.25, -0.2) is 12.8 Å². The number of amides is 1. The van der Waals surface area contributed by atoms with Gasteiger partial charge in [0, 0.05) is 11.3 Å². The normalized spacial score (nSPS) is 11.1. The third kappa shape index (κ3) is 4.37. The van der Waals surface area contributed by atoms with Gasteiger partial charge in [0.1, 0.15) is 5.82 Å². The van der Waals surface area contributed by atoms with Gasteiger partial charge in [0.05, 0.1) is 10.6 Å². The molecule has 0 saturated heterocycles. The zero-order valence-corrected chi connectivity index (χ0v) is 16.2. The number of aryl methyl sites for hydroxylation is 2. The fraction of sp³-hybridized carbons (Fsp3) is 0.0952. The van der Waals surface area contributed by atoms with Crippen LogP contribution in [0.3, 0.4) is 0 Å². The maximum absolute atomic E-state index is 13.7. The average molecular weight is 398 g/mol. The second-order valence-corrected chi connectivity index (χ2v) is 8.04. The number of hydrogen-bond donors (Lipinski definition) is 2. The van der Waals surface area contributed by atoms with Crippen LogP contribution in [-0.2, 0) is 10.0 Å². The summed E-state index contributed by atoms with van der Waals surface area (Å²) in [6, 6.07) is 17.0. The van der Waals surface area contributed by atoms with Crippen molar-refractivity contribution in [3.8, 4) is 0 Å². The van der Waals surface area contributed by atoms with Crippen LogP contribution < -0.4 is 10.0 Å². The highest BCUT2D eigenvalue weighted by atomic mass is 32.2. The molecule has 0 bridgehead atoms. The Morgan fingerprint density at radius 1 is 0.929 bits per heavy atom. The SMILES string of the molecule is Cc1ccc(NS(=O)(=O)c2cc(C(=O)Nc3ccccc3F)ccc2C)cc1. The molecule has 0 fully saturated rings. The highest BCUT2D eigenvalue weighted by molar-refractivity contribution is 7.92. The molecule has 0 atom stereocenters. The van der Waals surface area contributed by atoms with Crippen LogP contribution >= 0.6 is 0 Å². The minimum absolute atomic E-state index is 0.0192. The number of nitrogens with one attached hydrogen (secondary N) is 2. The Morgan fingerprint density at radius 2 is 1.61 bits per heavy atom. The van der Waals surface area contributed by atoms with E-state index in [-0.39, 0.29) is 16.1 Å². The summed E-state index contributed by atoms with van der Waals surface area (Å²) in [5.41, 5.74) is 2.05. The highest BCUT2D eigenvalue weighted by Crippen LogP contribution is 2.22. The number of carbonyl (C=O) groups is 1. The Labute approximate surface area is 163 Å². The summed E-state index contributed by atoms with van der Waals surface area (Å²) in [6.45, 7) is 3.54. The van der Waals surface area contributed by atoms with Crippen molar-refractivity contribution in [3.63, 3.8) is 0 Å². The van der Waals surface area contributed by atoms with Gasteiger partial charge in [-0.3, -0.25) is 9.52 Å². The molecule has 1 amide bonds. The van der Waals surface area contributed by atoms with E-state index in [1.54, 1.807) is 43.3 Å². The monoisotopic (exact) mass is 398 g/mol. The number of carbonyl (C=O) groups excluding carboxylic acids is 1. The molecule has 0 spiro atoms. The van der Waals surface area contributed by atoms with Crippen molar-refractivity contribution in [2.24, 2.45) is 0 Å². The molecule has 0 aliphatic carbocycles. The predicted octanol–water partition coefficient (Wildman–Crippen LogP) is 4.50. The standard InChI is InChI=1S/C21H19FN2O3S/c1-14-7-11-17(12-8-14)24-28(26,27)20-13-16(10-9-15(20)2)21(25)23-19-6-4-3-5-18(19)22/h3-13,24H,1-2H3,(H,23,25). The zero-order valence-electron chi connectivity index (χ0n) is 15.4. The van der Waals surface area contributed by atoms with Crippen LogP contribution in [0, 0.1) is 19.7 Å². The van der Waals surface area contributed by atoms with Crippen LogP contribution in [0.4, 0.5) is 15.8 Å². The van der Waals surface area contributed by atoms with Crippen molar-refractivity contribution in [1.82, 2.24) is 0 Å². The lowest BCUT2D eigenvalue weighted by Gasteiger charge is -2.12. The second kappa shape index (κ2) is 7.82. The van der Waals surface area contributed by atoms with E-state index in [9.17, 15) is 17.6 Å². The van der Waals surface area contributed by atoms with Crippen molar-refractivity contribution < 1.29 is 17.6 Å². The highest BCUT2D eigenvalue weighted by Gasteiger charge is 2.20. The summed E-state index contributed by atoms with van der Waals surface area (Å²) in [7, 11) is -3.90. The maximum atomic E-state index is 13.7. The van der Waals surface area contributed by atoms with E-state index in [1.165, 1.54) is 30.3 Å². The summed E-state index contributed by atoms with van der Waals surface area (Å²) in [6.07, 6.45) is 0. The van der Waals surface area contributed by atoms with Crippen molar-refractivity contribution in [2.75, 3.05) is 10.0 Å². The zero-order chi connectivity index (χ0) is 20.3. The molecular weight excluding hydrogens is 379 g/mol. The molecule has 3 aromatic carbocycles. The average Bonchev–Trinajstić information content (AvgIpc) is 2.65. The van der Waals surface area contributed by atoms with E-state index in [0.717, 1.165) is 5.56 Å². The largest absolute Gasteiger partial charge is 0.319 e. The summed E-state index contributed by atoms with van der Waals surface area (Å²) in [5, 5.41) is 2.45. The first-order valence-corrected chi connectivity index (χ1v) is 10.0. The smallest absolute Gasteiger partial charge is 0.262 e. The van der Waals surface area contributed by atoms with E-state index >= 15 is 0 Å². The third-order valence-electron chi connectivity index (χ3n) is 4.17. The molecule has 5 nitrogen and oxygen atoms in total. The van der Waals surface area contributed by atoms with E-state index in [1.807, 2.05) is 6.92 Å². The number of sulfonamides is 1. The number of rotatable bonds is 5. The van der Waals surface area contributed by atoms with E-state index < -0.39 is 21.7 Å². The van der Waals surface area contributed by atoms with Gasteiger partial charge in [-0.15, -0.1) is 0 Å². The van der Waals surface area contributed by atoms with Crippen molar-refractivity contribution >= 4 is 27.3 Å². The number of para-hydroxylation sites is 1. The van der Waals surface area contributed by atoms with Gasteiger partial charge in [0.25, 0.3) is 15.9 Å². The lowest BCUT2D eigenvalue weighted by Crippen LogP contribution is -2.17. The quantitative estimate of drug-likeness (QED) is 0.665. The molecule has 0 aromatic heterocycles. The molecule has 0 aliphatic heterocycles. The Balaban J connectivity index is 1.89. The van der Waals surface area contributed by atoms with Gasteiger partial charge in [-0.05, 0) is 55.8 Å². The van der Waals surface area contributed by atoms with Crippen molar-refractivity contribution in [1.29, 1.82) is 0 Å². The first-order valence-electron chi connectivity index (χ1n) is 8.52. The third-order valence-corrected chi connectivity index (χ3v) is 5.69. The Bertz CT molecular complexity index is 1130. The first kappa shape index (κ1) is 19.6. The topological polar surface area (TPSA) is 75.3 Å². The molecule has 0 heterocycles. The Kier molecular flexibility index (Phi) is 5.46. The second-order valence-electron chi connectivity index (χ2n) is 6.39. The molecule has 0 aliphatic rings. The van der Waals surface area contributed by atoms with Crippen molar-refractivity contribution in [2.45, 2.75) is 18.7 Å². The van der Waals surface area contributed by atoms with Gasteiger partial charge >= 0.3 is 0 Å². The lowest BCUT2D eigenvalue weighted by molar-refractivity contribution is 0.102. The summed E-state index contributed by atoms with van der Waals surface area (Å²) >= 11 is 0. The lowest BCUT2D eigenvalue weighted by atomic mass is 10.1. The molecule has 2 N–H and O–H groups in total. The molecular formula is C21H19FN2O3S. The molecule has 0 unspecified atom stereocenters. The van der Waals surface area contributed by atoms with Gasteiger partial charge in [-0.1, -0.05) is 35.9 Å². The van der Waals surface area contributed by atoms with E-state index in [4.69, 9.17) is 0 Å². The van der Waals surface area contributed by atoms with E-state index in [0.29, 0.717) is 11.3 Å². The van der Waals surface area contributed by atoms with Gasteiger partial charge in [0.15, 0.2) is 0 Å². The molecule has 3 aromatic rings. The van der Waals surface area contributed by atoms with Crippen LogP contribution in [0.25, 0.3) is 0 Å². The molecule has 0 radical (unpaired) electrons. The molecule has 3 rings (SSSR count). The van der Waals surface area contributed by atoms with Gasteiger partial charge in [0.2, 0.25) is 0 Å². The van der Waals surface area contributed by atoms with E-state index in [2.05, 4.69) is 10.0 Å². The maximum Gasteiger partial charge on any atom is 0.262 e. The van der Waals surface area contributed by atoms with Crippen LogP contribution in [0.2, 0.25) is 0 Å². The predicted molar refractivity (Wildman–Crippen MR) is 108 cm³/mol. The first-order chi connectivity index (χ1) is 13.3. The van der Waals surface area contributed by atoms with Crippen LogP contribution in [0.1, 0.15) is 21.5 Å². The molecule has 144 valence electrons. The fourth-order valence-corrected chi connectivity index (χ4v) is 3.95. The Morgan fingerprint density at radius 3 is 2.29 bits per heavy atom. The molecule has 7 heteroatoms. The van der Waals surface area contributed by atoms with Crippen LogP contribution in [0.15, 0.2) is 71.6 Å². The van der Waals surface area contributed by atoms with Gasteiger partial charge < -0.3 is 5.32 Å². The minimum Gasteiger partial charge on any atom is -0.319 e.